The van der Waals surface area contributed by atoms with Crippen molar-refractivity contribution in [3.8, 4) is 0 Å². The van der Waals surface area contributed by atoms with E-state index in [0.29, 0.717) is 6.54 Å². The summed E-state index contributed by atoms with van der Waals surface area (Å²) in [5.41, 5.74) is 0.962. The van der Waals surface area contributed by atoms with Crippen molar-refractivity contribution in [2.45, 2.75) is 25.9 Å². The van der Waals surface area contributed by atoms with Crippen molar-refractivity contribution in [3.63, 3.8) is 0 Å². The van der Waals surface area contributed by atoms with Crippen molar-refractivity contribution in [2.75, 3.05) is 13.1 Å². The lowest BCUT2D eigenvalue weighted by molar-refractivity contribution is 0.0573. The van der Waals surface area contributed by atoms with Gasteiger partial charge in [0, 0.05) is 18.1 Å². The summed E-state index contributed by atoms with van der Waals surface area (Å²) in [4.78, 5) is 4.32. The predicted molar refractivity (Wildman–Crippen MR) is 74.5 cm³/mol. The molecule has 0 spiro atoms. The summed E-state index contributed by atoms with van der Waals surface area (Å²) in [5, 5.41) is 14.8. The van der Waals surface area contributed by atoms with E-state index in [9.17, 15) is 5.11 Å². The summed E-state index contributed by atoms with van der Waals surface area (Å²) in [6, 6.07) is 9.88. The Labute approximate surface area is 108 Å². The molecular weight excluding hydrogens is 224 g/mol. The molecule has 18 heavy (non-hydrogen) atoms. The van der Waals surface area contributed by atoms with Gasteiger partial charge in [-0.1, -0.05) is 25.1 Å². The quantitative estimate of drug-likeness (QED) is 0.794. The van der Waals surface area contributed by atoms with Crippen LogP contribution in [0.4, 0.5) is 0 Å². The summed E-state index contributed by atoms with van der Waals surface area (Å²) in [6.45, 7) is 5.42. The number of rotatable bonds is 5. The Morgan fingerprint density at radius 3 is 2.94 bits per heavy atom. The first-order valence-electron chi connectivity index (χ1n) is 6.42. The van der Waals surface area contributed by atoms with Crippen LogP contribution in [0.1, 0.15) is 25.8 Å². The highest BCUT2D eigenvalue weighted by molar-refractivity contribution is 5.79. The molecule has 1 unspecified atom stereocenters. The third kappa shape index (κ3) is 2.86. The highest BCUT2D eigenvalue weighted by atomic mass is 16.3. The van der Waals surface area contributed by atoms with Crippen LogP contribution in [0.5, 0.6) is 0 Å². The maximum absolute atomic E-state index is 10.5. The highest BCUT2D eigenvalue weighted by Gasteiger charge is 2.22. The van der Waals surface area contributed by atoms with Gasteiger partial charge in [0.25, 0.3) is 0 Å². The first kappa shape index (κ1) is 13.0. The predicted octanol–water partition coefficient (Wildman–Crippen LogP) is 2.44. The number of aromatic nitrogens is 1. The number of aliphatic hydroxyl groups is 1. The summed E-state index contributed by atoms with van der Waals surface area (Å²) in [7, 11) is 0. The van der Waals surface area contributed by atoms with Gasteiger partial charge in [-0.05, 0) is 37.6 Å². The first-order chi connectivity index (χ1) is 8.63. The second-order valence-electron chi connectivity index (χ2n) is 4.86. The smallest absolute Gasteiger partial charge is 0.0993 e. The van der Waals surface area contributed by atoms with Crippen molar-refractivity contribution in [2.24, 2.45) is 0 Å². The lowest BCUT2D eigenvalue weighted by atomic mass is 9.95. The van der Waals surface area contributed by atoms with Crippen LogP contribution in [-0.4, -0.2) is 23.2 Å². The van der Waals surface area contributed by atoms with Crippen molar-refractivity contribution >= 4 is 10.9 Å². The van der Waals surface area contributed by atoms with Crippen LogP contribution in [0.2, 0.25) is 0 Å². The molecule has 0 bridgehead atoms. The molecule has 1 aromatic heterocycles. The standard InChI is InChI=1S/C15H20N2O/c1-3-8-16-11-15(2,18)13-7-6-12-5-4-9-17-14(12)10-13/h4-7,9-10,16,18H,3,8,11H2,1-2H3. The van der Waals surface area contributed by atoms with Gasteiger partial charge >= 0.3 is 0 Å². The Hall–Kier alpha value is -1.45. The van der Waals surface area contributed by atoms with Crippen LogP contribution in [0.15, 0.2) is 36.5 Å². The number of hydrogen-bond acceptors (Lipinski definition) is 3. The minimum Gasteiger partial charge on any atom is -0.384 e. The van der Waals surface area contributed by atoms with Gasteiger partial charge in [0.05, 0.1) is 11.1 Å². The first-order valence-corrected chi connectivity index (χ1v) is 6.42. The fourth-order valence-electron chi connectivity index (χ4n) is 2.01. The molecule has 1 heterocycles. The van der Waals surface area contributed by atoms with E-state index in [1.165, 1.54) is 0 Å². The van der Waals surface area contributed by atoms with E-state index in [-0.39, 0.29) is 0 Å². The third-order valence-electron chi connectivity index (χ3n) is 3.12. The zero-order chi connectivity index (χ0) is 13.0. The topological polar surface area (TPSA) is 45.1 Å². The molecule has 0 saturated heterocycles. The summed E-state index contributed by atoms with van der Waals surface area (Å²) in [6.07, 6.45) is 2.84. The lowest BCUT2D eigenvalue weighted by Crippen LogP contribution is -2.35. The fourth-order valence-corrected chi connectivity index (χ4v) is 2.01. The molecule has 0 fully saturated rings. The van der Waals surface area contributed by atoms with Gasteiger partial charge in [0.2, 0.25) is 0 Å². The lowest BCUT2D eigenvalue weighted by Gasteiger charge is -2.24. The van der Waals surface area contributed by atoms with E-state index >= 15 is 0 Å². The van der Waals surface area contributed by atoms with Crippen molar-refractivity contribution < 1.29 is 5.11 Å². The van der Waals surface area contributed by atoms with Gasteiger partial charge in [-0.15, -0.1) is 0 Å². The van der Waals surface area contributed by atoms with E-state index in [1.807, 2.05) is 37.3 Å². The van der Waals surface area contributed by atoms with Crippen LogP contribution < -0.4 is 5.32 Å². The third-order valence-corrected chi connectivity index (χ3v) is 3.12. The maximum atomic E-state index is 10.5. The second-order valence-corrected chi connectivity index (χ2v) is 4.86. The van der Waals surface area contributed by atoms with Gasteiger partial charge in [0.1, 0.15) is 0 Å². The van der Waals surface area contributed by atoms with Gasteiger partial charge in [0.15, 0.2) is 0 Å². The van der Waals surface area contributed by atoms with Crippen LogP contribution in [0.25, 0.3) is 10.9 Å². The minimum absolute atomic E-state index is 0.555. The van der Waals surface area contributed by atoms with Gasteiger partial charge in [-0.2, -0.15) is 0 Å². The monoisotopic (exact) mass is 244 g/mol. The molecule has 0 saturated carbocycles. The number of pyridine rings is 1. The Balaban J connectivity index is 2.23. The number of hydrogen-bond donors (Lipinski definition) is 2. The number of nitrogens with zero attached hydrogens (tertiary/aromatic N) is 1. The maximum Gasteiger partial charge on any atom is 0.0993 e. The molecule has 1 aromatic carbocycles. The van der Waals surface area contributed by atoms with Gasteiger partial charge in [-0.25, -0.2) is 0 Å². The van der Waals surface area contributed by atoms with E-state index in [2.05, 4.69) is 17.2 Å². The fraction of sp³-hybridized carbons (Fsp3) is 0.400. The van der Waals surface area contributed by atoms with Gasteiger partial charge < -0.3 is 10.4 Å². The zero-order valence-electron chi connectivity index (χ0n) is 11.0. The number of benzene rings is 1. The Morgan fingerprint density at radius 1 is 1.33 bits per heavy atom. The molecule has 0 aliphatic heterocycles. The molecule has 0 aliphatic carbocycles. The molecule has 0 aliphatic rings. The van der Waals surface area contributed by atoms with E-state index in [0.717, 1.165) is 29.4 Å². The van der Waals surface area contributed by atoms with Crippen LogP contribution in [0, 0.1) is 0 Å². The molecule has 3 heteroatoms. The zero-order valence-corrected chi connectivity index (χ0v) is 11.0. The summed E-state index contributed by atoms with van der Waals surface area (Å²) in [5.74, 6) is 0. The normalized spacial score (nSPS) is 14.6. The minimum atomic E-state index is -0.860. The highest BCUT2D eigenvalue weighted by Crippen LogP contribution is 2.23. The van der Waals surface area contributed by atoms with E-state index in [4.69, 9.17) is 0 Å². The summed E-state index contributed by atoms with van der Waals surface area (Å²) < 4.78 is 0. The molecule has 3 nitrogen and oxygen atoms in total. The van der Waals surface area contributed by atoms with Crippen molar-refractivity contribution in [1.29, 1.82) is 0 Å². The van der Waals surface area contributed by atoms with Crippen LogP contribution in [0.3, 0.4) is 0 Å². The molecular formula is C15H20N2O. The average Bonchev–Trinajstić information content (AvgIpc) is 2.38. The van der Waals surface area contributed by atoms with Crippen LogP contribution in [-0.2, 0) is 5.60 Å². The van der Waals surface area contributed by atoms with Gasteiger partial charge in [-0.3, -0.25) is 4.98 Å². The Morgan fingerprint density at radius 2 is 2.17 bits per heavy atom. The largest absolute Gasteiger partial charge is 0.384 e. The molecule has 96 valence electrons. The molecule has 2 aromatic rings. The Bertz CT molecular complexity index is 523. The second kappa shape index (κ2) is 5.46. The Kier molecular flexibility index (Phi) is 3.94. The van der Waals surface area contributed by atoms with Crippen LogP contribution >= 0.6 is 0 Å². The SMILES string of the molecule is CCCNCC(C)(O)c1ccc2cccnc2c1. The molecule has 0 radical (unpaired) electrons. The van der Waals surface area contributed by atoms with E-state index < -0.39 is 5.60 Å². The molecule has 2 N–H and O–H groups in total. The van der Waals surface area contributed by atoms with Crippen molar-refractivity contribution in [3.05, 3.63) is 42.1 Å². The average molecular weight is 244 g/mol. The number of nitrogens with one attached hydrogen (secondary N) is 1. The number of fused-ring (bicyclic) bond motifs is 1. The molecule has 2 rings (SSSR count). The van der Waals surface area contributed by atoms with Crippen molar-refractivity contribution in [1.82, 2.24) is 10.3 Å². The summed E-state index contributed by atoms with van der Waals surface area (Å²) >= 11 is 0. The molecule has 0 amide bonds. The molecule has 1 atom stereocenters. The van der Waals surface area contributed by atoms with E-state index in [1.54, 1.807) is 6.20 Å².